The van der Waals surface area contributed by atoms with E-state index in [1.807, 2.05) is 0 Å². The topological polar surface area (TPSA) is 55.4 Å². The molecule has 1 amide bonds. The van der Waals surface area contributed by atoms with Gasteiger partial charge in [-0.3, -0.25) is 4.79 Å². The van der Waals surface area contributed by atoms with Gasteiger partial charge in [0.05, 0.1) is 0 Å². The van der Waals surface area contributed by atoms with Crippen molar-refractivity contribution < 1.29 is 14.3 Å². The molecule has 1 saturated heterocycles. The fourth-order valence-electron chi connectivity index (χ4n) is 1.17. The molecule has 4 heteroatoms. The van der Waals surface area contributed by atoms with E-state index in [0.717, 1.165) is 0 Å². The van der Waals surface area contributed by atoms with Crippen molar-refractivity contribution in [3.63, 3.8) is 0 Å². The average molecular weight is 197 g/mol. The van der Waals surface area contributed by atoms with Crippen molar-refractivity contribution in [2.75, 3.05) is 0 Å². The van der Waals surface area contributed by atoms with Gasteiger partial charge >= 0.3 is 5.97 Å². The summed E-state index contributed by atoms with van der Waals surface area (Å²) in [5.74, 6) is -0.662. The molecular weight excluding hydrogens is 182 g/mol. The predicted molar refractivity (Wildman–Crippen MR) is 51.5 cm³/mol. The maximum atomic E-state index is 11.5. The number of nitrogens with one attached hydrogen (secondary N) is 1. The lowest BCUT2D eigenvalue weighted by Crippen LogP contribution is -2.38. The molecule has 0 aromatic carbocycles. The van der Waals surface area contributed by atoms with Gasteiger partial charge in [0, 0.05) is 12.0 Å². The summed E-state index contributed by atoms with van der Waals surface area (Å²) in [5, 5.41) is 2.51. The number of ether oxygens (including phenoxy) is 1. The molecule has 14 heavy (non-hydrogen) atoms. The summed E-state index contributed by atoms with van der Waals surface area (Å²) in [6.07, 6.45) is 0.341. The fraction of sp³-hybridized carbons (Fsp3) is 0.600. The summed E-state index contributed by atoms with van der Waals surface area (Å²) < 4.78 is 5.12. The van der Waals surface area contributed by atoms with E-state index in [4.69, 9.17) is 4.74 Å². The minimum absolute atomic E-state index is 0.263. The Morgan fingerprint density at radius 2 is 2.14 bits per heavy atom. The van der Waals surface area contributed by atoms with E-state index < -0.39 is 17.6 Å². The molecule has 1 N–H and O–H groups in total. The maximum absolute atomic E-state index is 11.5. The quantitative estimate of drug-likeness (QED) is 0.499. The van der Waals surface area contributed by atoms with E-state index >= 15 is 0 Å². The van der Waals surface area contributed by atoms with Crippen molar-refractivity contribution in [3.05, 3.63) is 12.2 Å². The number of esters is 1. The van der Waals surface area contributed by atoms with Crippen LogP contribution in [0.4, 0.5) is 0 Å². The highest BCUT2D eigenvalue weighted by Crippen LogP contribution is 2.16. The first-order valence-corrected chi connectivity index (χ1v) is 4.51. The zero-order valence-corrected chi connectivity index (χ0v) is 8.72. The number of hydrogen-bond donors (Lipinski definition) is 1. The first-order chi connectivity index (χ1) is 6.29. The molecule has 0 aromatic rings. The molecule has 78 valence electrons. The first-order valence-electron chi connectivity index (χ1n) is 4.51. The molecule has 0 saturated carbocycles. The highest BCUT2D eigenvalue weighted by atomic mass is 16.6. The van der Waals surface area contributed by atoms with Gasteiger partial charge in [0.1, 0.15) is 11.6 Å². The summed E-state index contributed by atoms with van der Waals surface area (Å²) >= 11 is 0. The first kappa shape index (κ1) is 10.8. The predicted octanol–water partition coefficient (Wildman–Crippen LogP) is 0.773. The number of carbonyl (C=O) groups is 2. The van der Waals surface area contributed by atoms with Crippen LogP contribution in [0.5, 0.6) is 0 Å². The van der Waals surface area contributed by atoms with Crippen molar-refractivity contribution in [1.82, 2.24) is 5.32 Å². The van der Waals surface area contributed by atoms with E-state index in [9.17, 15) is 9.59 Å². The molecule has 0 bridgehead atoms. The molecule has 1 aliphatic heterocycles. The summed E-state index contributed by atoms with van der Waals surface area (Å²) in [7, 11) is 0. The third-order valence-electron chi connectivity index (χ3n) is 1.77. The largest absolute Gasteiger partial charge is 0.458 e. The molecule has 0 aromatic heterocycles. The average Bonchev–Trinajstić information content (AvgIpc) is 2.28. The second-order valence-corrected chi connectivity index (χ2v) is 4.37. The molecule has 1 rings (SSSR count). The number of carbonyl (C=O) groups excluding carboxylic acids is 2. The SMILES string of the molecule is C=C1C[C@@H](C(=O)OC(C)(C)C)NC1=O. The van der Waals surface area contributed by atoms with E-state index in [1.54, 1.807) is 20.8 Å². The van der Waals surface area contributed by atoms with Gasteiger partial charge in [0.15, 0.2) is 0 Å². The Kier molecular flexibility index (Phi) is 2.64. The molecule has 0 aliphatic carbocycles. The number of rotatable bonds is 1. The smallest absolute Gasteiger partial charge is 0.329 e. The van der Waals surface area contributed by atoms with Crippen LogP contribution < -0.4 is 5.32 Å². The van der Waals surface area contributed by atoms with Crippen molar-refractivity contribution >= 4 is 11.9 Å². The van der Waals surface area contributed by atoms with Crippen molar-refractivity contribution in [2.45, 2.75) is 38.8 Å². The molecule has 4 nitrogen and oxygen atoms in total. The van der Waals surface area contributed by atoms with Gasteiger partial charge in [-0.25, -0.2) is 4.79 Å². The highest BCUT2D eigenvalue weighted by molar-refractivity contribution is 6.00. The van der Waals surface area contributed by atoms with Crippen molar-refractivity contribution in [2.24, 2.45) is 0 Å². The minimum atomic E-state index is -0.561. The Morgan fingerprint density at radius 3 is 2.50 bits per heavy atom. The number of amides is 1. The van der Waals surface area contributed by atoms with Crippen molar-refractivity contribution in [1.29, 1.82) is 0 Å². The van der Waals surface area contributed by atoms with E-state index in [1.165, 1.54) is 0 Å². The Hall–Kier alpha value is -1.32. The zero-order valence-electron chi connectivity index (χ0n) is 8.72. The minimum Gasteiger partial charge on any atom is -0.458 e. The second-order valence-electron chi connectivity index (χ2n) is 4.37. The molecule has 1 fully saturated rings. The van der Waals surface area contributed by atoms with Gasteiger partial charge in [0.2, 0.25) is 5.91 Å². The highest BCUT2D eigenvalue weighted by Gasteiger charge is 2.33. The van der Waals surface area contributed by atoms with Crippen LogP contribution in [0.15, 0.2) is 12.2 Å². The van der Waals surface area contributed by atoms with Gasteiger partial charge in [-0.2, -0.15) is 0 Å². The van der Waals surface area contributed by atoms with E-state index in [-0.39, 0.29) is 5.91 Å². The zero-order chi connectivity index (χ0) is 10.9. The van der Waals surface area contributed by atoms with Crippen LogP contribution in [-0.2, 0) is 14.3 Å². The molecule has 0 spiro atoms. The van der Waals surface area contributed by atoms with Crippen LogP contribution in [0, 0.1) is 0 Å². The van der Waals surface area contributed by atoms with Crippen LogP contribution in [-0.4, -0.2) is 23.5 Å². The molecule has 1 heterocycles. The van der Waals surface area contributed by atoms with Crippen LogP contribution in [0.2, 0.25) is 0 Å². The summed E-state index contributed by atoms with van der Waals surface area (Å²) in [6, 6.07) is -0.561. The van der Waals surface area contributed by atoms with Crippen LogP contribution in [0.25, 0.3) is 0 Å². The van der Waals surface area contributed by atoms with Crippen LogP contribution >= 0.6 is 0 Å². The third kappa shape index (κ3) is 2.58. The lowest BCUT2D eigenvalue weighted by Gasteiger charge is -2.21. The van der Waals surface area contributed by atoms with Crippen LogP contribution in [0.1, 0.15) is 27.2 Å². The fourth-order valence-corrected chi connectivity index (χ4v) is 1.17. The third-order valence-corrected chi connectivity index (χ3v) is 1.77. The number of hydrogen-bond acceptors (Lipinski definition) is 3. The van der Waals surface area contributed by atoms with Gasteiger partial charge in [-0.1, -0.05) is 6.58 Å². The van der Waals surface area contributed by atoms with Crippen molar-refractivity contribution in [3.8, 4) is 0 Å². The Bertz CT molecular complexity index is 272. The molecule has 1 aliphatic rings. The molecule has 0 unspecified atom stereocenters. The van der Waals surface area contributed by atoms with Crippen LogP contribution in [0.3, 0.4) is 0 Å². The van der Waals surface area contributed by atoms with Gasteiger partial charge in [-0.05, 0) is 20.8 Å². The standard InChI is InChI=1S/C10H15NO3/c1-6-5-7(11-8(6)12)9(13)14-10(2,3)4/h7H,1,5H2,2-4H3,(H,11,12)/t7-/m0/s1. The Labute approximate surface area is 83.3 Å². The lowest BCUT2D eigenvalue weighted by atomic mass is 10.1. The molecule has 0 radical (unpaired) electrons. The lowest BCUT2D eigenvalue weighted by molar-refractivity contribution is -0.157. The van der Waals surface area contributed by atoms with Gasteiger partial charge in [-0.15, -0.1) is 0 Å². The normalized spacial score (nSPS) is 22.1. The Balaban J connectivity index is 2.56. The van der Waals surface area contributed by atoms with E-state index in [0.29, 0.717) is 12.0 Å². The monoisotopic (exact) mass is 197 g/mol. The summed E-state index contributed by atoms with van der Waals surface area (Å²) in [4.78, 5) is 22.5. The van der Waals surface area contributed by atoms with Gasteiger partial charge in [0.25, 0.3) is 0 Å². The maximum Gasteiger partial charge on any atom is 0.329 e. The second kappa shape index (κ2) is 3.44. The van der Waals surface area contributed by atoms with E-state index in [2.05, 4.69) is 11.9 Å². The molecule has 1 atom stereocenters. The Morgan fingerprint density at radius 1 is 1.57 bits per heavy atom. The summed E-state index contributed by atoms with van der Waals surface area (Å²) in [5.41, 5.74) is -0.0907. The molecular formula is C10H15NO3. The summed E-state index contributed by atoms with van der Waals surface area (Å²) in [6.45, 7) is 8.91. The van der Waals surface area contributed by atoms with Gasteiger partial charge < -0.3 is 10.1 Å².